The monoisotopic (exact) mass is 522 g/mol. The van der Waals surface area contributed by atoms with Gasteiger partial charge in [0.2, 0.25) is 0 Å². The Morgan fingerprint density at radius 2 is 2.00 bits per heavy atom. The van der Waals surface area contributed by atoms with E-state index < -0.39 is 17.8 Å². The lowest BCUT2D eigenvalue weighted by atomic mass is 9.93. The standard InChI is InChI=1S/C24H27FN4O4S.ClH/c1-15(30)34-21-9-10-28(12-17(21)11-18-13-29(27-26-18)14-22(31)33-2)23(24(32)16-7-8-16)19-5-3-4-6-20(19)25;/h3-6,11,13,16,21,23H,7-10,12,14H2,1-2H3;1H. The summed E-state index contributed by atoms with van der Waals surface area (Å²) >= 11 is 1.24. The van der Waals surface area contributed by atoms with Crippen molar-refractivity contribution in [3.05, 3.63) is 53.1 Å². The highest BCUT2D eigenvalue weighted by molar-refractivity contribution is 8.14. The molecule has 188 valence electrons. The number of ketones is 1. The van der Waals surface area contributed by atoms with Gasteiger partial charge in [0, 0.05) is 36.7 Å². The number of halogens is 2. The molecule has 2 fully saturated rings. The van der Waals surface area contributed by atoms with Crippen LogP contribution in [0.15, 0.2) is 36.0 Å². The molecule has 0 bridgehead atoms. The summed E-state index contributed by atoms with van der Waals surface area (Å²) in [5.41, 5.74) is 1.83. The third kappa shape index (κ3) is 6.77. The van der Waals surface area contributed by atoms with Gasteiger partial charge < -0.3 is 4.74 Å². The summed E-state index contributed by atoms with van der Waals surface area (Å²) in [4.78, 5) is 38.7. The second kappa shape index (κ2) is 11.9. The van der Waals surface area contributed by atoms with Crippen LogP contribution >= 0.6 is 24.2 Å². The van der Waals surface area contributed by atoms with Gasteiger partial charge in [-0.2, -0.15) is 0 Å². The summed E-state index contributed by atoms with van der Waals surface area (Å²) in [7, 11) is 1.30. The maximum atomic E-state index is 14.8. The molecule has 11 heteroatoms. The molecular formula is C24H28ClFN4O4S. The molecule has 1 aliphatic carbocycles. The molecule has 1 saturated heterocycles. The van der Waals surface area contributed by atoms with Crippen molar-refractivity contribution >= 4 is 47.1 Å². The zero-order chi connectivity index (χ0) is 24.2. The fraction of sp³-hybridized carbons (Fsp3) is 0.458. The van der Waals surface area contributed by atoms with Crippen LogP contribution in [0.25, 0.3) is 6.08 Å². The van der Waals surface area contributed by atoms with Crippen LogP contribution < -0.4 is 0 Å². The topological polar surface area (TPSA) is 94.4 Å². The molecule has 0 spiro atoms. The first-order valence-electron chi connectivity index (χ1n) is 11.2. The maximum Gasteiger partial charge on any atom is 0.327 e. The van der Waals surface area contributed by atoms with E-state index in [0.29, 0.717) is 30.8 Å². The third-order valence-electron chi connectivity index (χ3n) is 6.01. The van der Waals surface area contributed by atoms with Gasteiger partial charge in [-0.25, -0.2) is 9.07 Å². The van der Waals surface area contributed by atoms with Crippen LogP contribution in [-0.2, 0) is 25.7 Å². The molecule has 0 N–H and O–H groups in total. The van der Waals surface area contributed by atoms with Gasteiger partial charge in [-0.1, -0.05) is 35.2 Å². The van der Waals surface area contributed by atoms with E-state index in [1.807, 2.05) is 11.0 Å². The number of methoxy groups -OCH3 is 1. The normalized spacial score (nSPS) is 20.2. The number of rotatable bonds is 8. The lowest BCUT2D eigenvalue weighted by Gasteiger charge is -2.38. The lowest BCUT2D eigenvalue weighted by molar-refractivity contribution is -0.141. The Morgan fingerprint density at radius 3 is 2.66 bits per heavy atom. The molecule has 0 radical (unpaired) electrons. The highest BCUT2D eigenvalue weighted by Crippen LogP contribution is 2.40. The van der Waals surface area contributed by atoms with Crippen LogP contribution in [-0.4, -0.2) is 62.2 Å². The van der Waals surface area contributed by atoms with E-state index in [1.165, 1.54) is 36.5 Å². The van der Waals surface area contributed by atoms with Crippen LogP contribution in [0, 0.1) is 11.7 Å². The predicted octanol–water partition coefficient (Wildman–Crippen LogP) is 3.47. The molecule has 1 aromatic carbocycles. The molecule has 2 heterocycles. The highest BCUT2D eigenvalue weighted by Gasteiger charge is 2.41. The summed E-state index contributed by atoms with van der Waals surface area (Å²) in [5, 5.41) is 7.99. The molecule has 2 aromatic rings. The maximum absolute atomic E-state index is 14.8. The number of thioether (sulfide) groups is 1. The number of aromatic nitrogens is 3. The van der Waals surface area contributed by atoms with Crippen LogP contribution in [0.3, 0.4) is 0 Å². The molecule has 1 aromatic heterocycles. The number of carbonyl (C=O) groups excluding carboxylic acids is 3. The third-order valence-corrected chi connectivity index (χ3v) is 7.16. The smallest absolute Gasteiger partial charge is 0.327 e. The first-order chi connectivity index (χ1) is 16.4. The first-order valence-corrected chi connectivity index (χ1v) is 12.1. The number of ether oxygens (including phenoxy) is 1. The van der Waals surface area contributed by atoms with Crippen molar-refractivity contribution in [2.45, 2.75) is 44.0 Å². The Kier molecular flexibility index (Phi) is 9.21. The Labute approximate surface area is 213 Å². The minimum atomic E-state index is -0.671. The summed E-state index contributed by atoms with van der Waals surface area (Å²) in [6, 6.07) is 5.77. The summed E-state index contributed by atoms with van der Waals surface area (Å²) in [6.07, 6.45) is 5.78. The molecule has 2 aliphatic rings. The van der Waals surface area contributed by atoms with Gasteiger partial charge in [-0.3, -0.25) is 19.3 Å². The number of hydrogen-bond acceptors (Lipinski definition) is 8. The molecule has 2 unspecified atom stereocenters. The van der Waals surface area contributed by atoms with Crippen molar-refractivity contribution in [3.8, 4) is 0 Å². The second-order valence-electron chi connectivity index (χ2n) is 8.59. The fourth-order valence-electron chi connectivity index (χ4n) is 4.24. The predicted molar refractivity (Wildman–Crippen MR) is 132 cm³/mol. The van der Waals surface area contributed by atoms with Gasteiger partial charge >= 0.3 is 5.97 Å². The molecule has 4 rings (SSSR count). The van der Waals surface area contributed by atoms with E-state index in [4.69, 9.17) is 0 Å². The van der Waals surface area contributed by atoms with Crippen LogP contribution in [0.4, 0.5) is 4.39 Å². The molecular weight excluding hydrogens is 495 g/mol. The van der Waals surface area contributed by atoms with Crippen molar-refractivity contribution in [2.75, 3.05) is 20.2 Å². The molecule has 8 nitrogen and oxygen atoms in total. The van der Waals surface area contributed by atoms with Gasteiger partial charge in [-0.05, 0) is 37.0 Å². The Balaban J connectivity index is 0.00000342. The average molecular weight is 523 g/mol. The highest BCUT2D eigenvalue weighted by atomic mass is 35.5. The van der Waals surface area contributed by atoms with E-state index in [1.54, 1.807) is 24.4 Å². The number of carbonyl (C=O) groups is 3. The molecule has 35 heavy (non-hydrogen) atoms. The van der Waals surface area contributed by atoms with E-state index in [9.17, 15) is 18.8 Å². The average Bonchev–Trinajstić information content (AvgIpc) is 3.57. The van der Waals surface area contributed by atoms with Crippen LogP contribution in [0.1, 0.15) is 43.5 Å². The van der Waals surface area contributed by atoms with Crippen molar-refractivity contribution in [3.63, 3.8) is 0 Å². The van der Waals surface area contributed by atoms with E-state index in [0.717, 1.165) is 18.4 Å². The van der Waals surface area contributed by atoms with Crippen molar-refractivity contribution in [1.29, 1.82) is 0 Å². The number of esters is 1. The van der Waals surface area contributed by atoms with Crippen molar-refractivity contribution < 1.29 is 23.5 Å². The minimum Gasteiger partial charge on any atom is -0.468 e. The number of piperidine rings is 1. The SMILES string of the molecule is COC(=O)Cn1cc(C=C2CN(C(C(=O)C3CC3)c3ccccc3F)CCC2SC(C)=O)nn1.Cl. The number of benzene rings is 1. The Hall–Kier alpha value is -2.56. The van der Waals surface area contributed by atoms with Crippen molar-refractivity contribution in [2.24, 2.45) is 5.92 Å². The van der Waals surface area contributed by atoms with E-state index >= 15 is 0 Å². The first kappa shape index (κ1) is 27.0. The molecule has 0 amide bonds. The number of Topliss-reactive ketones (excluding diaryl/α,β-unsaturated/α-hetero) is 1. The summed E-state index contributed by atoms with van der Waals surface area (Å²) in [5.74, 6) is -0.812. The fourth-order valence-corrected chi connectivity index (χ4v) is 5.16. The number of nitrogens with zero attached hydrogens (tertiary/aromatic N) is 4. The second-order valence-corrected chi connectivity index (χ2v) is 9.97. The van der Waals surface area contributed by atoms with E-state index in [2.05, 4.69) is 15.0 Å². The van der Waals surface area contributed by atoms with Gasteiger partial charge in [0.05, 0.1) is 19.3 Å². The zero-order valence-electron chi connectivity index (χ0n) is 19.6. The number of hydrogen-bond donors (Lipinski definition) is 0. The van der Waals surface area contributed by atoms with Gasteiger partial charge in [0.1, 0.15) is 18.1 Å². The number of likely N-dealkylation sites (tertiary alicyclic amines) is 1. The Bertz CT molecular complexity index is 1120. The van der Waals surface area contributed by atoms with Gasteiger partial charge in [0.25, 0.3) is 0 Å². The van der Waals surface area contributed by atoms with Crippen LogP contribution in [0.5, 0.6) is 0 Å². The largest absolute Gasteiger partial charge is 0.468 e. The quantitative estimate of drug-likeness (QED) is 0.486. The molecule has 1 saturated carbocycles. The Morgan fingerprint density at radius 1 is 1.26 bits per heavy atom. The van der Waals surface area contributed by atoms with Gasteiger partial charge in [-0.15, -0.1) is 17.5 Å². The zero-order valence-corrected chi connectivity index (χ0v) is 21.2. The molecule has 2 atom stereocenters. The lowest BCUT2D eigenvalue weighted by Crippen LogP contribution is -2.43. The molecule has 1 aliphatic heterocycles. The summed E-state index contributed by atoms with van der Waals surface area (Å²) in [6.45, 7) is 2.43. The summed E-state index contributed by atoms with van der Waals surface area (Å²) < 4.78 is 20.8. The van der Waals surface area contributed by atoms with E-state index in [-0.39, 0.29) is 41.0 Å². The van der Waals surface area contributed by atoms with Gasteiger partial charge in [0.15, 0.2) is 10.9 Å². The van der Waals surface area contributed by atoms with Crippen LogP contribution in [0.2, 0.25) is 0 Å². The van der Waals surface area contributed by atoms with Crippen molar-refractivity contribution in [1.82, 2.24) is 19.9 Å². The minimum absolute atomic E-state index is 0.